The molecule has 0 aliphatic rings. The molecule has 9 heteroatoms. The molecule has 36 heavy (non-hydrogen) atoms. The number of azide groups is 1. The van der Waals surface area contributed by atoms with Crippen LogP contribution in [0.2, 0.25) is 0 Å². The van der Waals surface area contributed by atoms with Gasteiger partial charge >= 0.3 is 0 Å². The number of carbonyl (C=O) groups excluding carboxylic acids is 3. The maximum absolute atomic E-state index is 13.0. The van der Waals surface area contributed by atoms with Gasteiger partial charge in [0.25, 0.3) is 17.7 Å². The highest BCUT2D eigenvalue weighted by molar-refractivity contribution is 6.12. The smallest absolute Gasteiger partial charge is 0.255 e. The predicted molar refractivity (Wildman–Crippen MR) is 138 cm³/mol. The van der Waals surface area contributed by atoms with Crippen molar-refractivity contribution in [2.75, 3.05) is 16.0 Å². The van der Waals surface area contributed by atoms with Gasteiger partial charge in [-0.3, -0.25) is 14.4 Å². The zero-order chi connectivity index (χ0) is 25.3. The van der Waals surface area contributed by atoms with Gasteiger partial charge in [-0.1, -0.05) is 53.6 Å². The molecule has 9 nitrogen and oxygen atoms in total. The molecule has 3 amide bonds. The lowest BCUT2D eigenvalue weighted by Crippen LogP contribution is -2.19. The number of hydrogen-bond acceptors (Lipinski definition) is 4. The summed E-state index contributed by atoms with van der Waals surface area (Å²) < 4.78 is 0. The van der Waals surface area contributed by atoms with Gasteiger partial charge in [0.1, 0.15) is 0 Å². The van der Waals surface area contributed by atoms with E-state index in [9.17, 15) is 14.4 Å². The Bertz CT molecular complexity index is 1380. The molecule has 4 rings (SSSR count). The second-order valence-electron chi connectivity index (χ2n) is 7.63. The highest BCUT2D eigenvalue weighted by Gasteiger charge is 2.17. The molecule has 4 aromatic rings. The maximum Gasteiger partial charge on any atom is 0.255 e. The Morgan fingerprint density at radius 1 is 0.556 bits per heavy atom. The average molecular weight is 476 g/mol. The molecule has 0 heterocycles. The highest BCUT2D eigenvalue weighted by atomic mass is 16.2. The number of nitrogens with zero attached hydrogens (tertiary/aromatic N) is 3. The predicted octanol–water partition coefficient (Wildman–Crippen LogP) is 6.39. The van der Waals surface area contributed by atoms with Crippen LogP contribution in [0.15, 0.2) is 108 Å². The number of rotatable bonds is 7. The second kappa shape index (κ2) is 11.1. The summed E-state index contributed by atoms with van der Waals surface area (Å²) in [4.78, 5) is 41.7. The van der Waals surface area contributed by atoms with Crippen LogP contribution in [-0.4, -0.2) is 17.7 Å². The fraction of sp³-hybridized carbons (Fsp3) is 0. The third-order valence-electron chi connectivity index (χ3n) is 5.07. The summed E-state index contributed by atoms with van der Waals surface area (Å²) in [6.45, 7) is 0. The summed E-state index contributed by atoms with van der Waals surface area (Å²) in [5.41, 5.74) is 10.9. The van der Waals surface area contributed by atoms with Gasteiger partial charge in [-0.05, 0) is 60.1 Å². The number of nitrogens with one attached hydrogen (secondary N) is 3. The molecule has 0 radical (unpaired) electrons. The van der Waals surface area contributed by atoms with E-state index >= 15 is 0 Å². The van der Waals surface area contributed by atoms with Crippen molar-refractivity contribution < 1.29 is 14.4 Å². The lowest BCUT2D eigenvalue weighted by atomic mass is 10.0. The largest absolute Gasteiger partial charge is 0.322 e. The topological polar surface area (TPSA) is 136 Å². The summed E-state index contributed by atoms with van der Waals surface area (Å²) in [7, 11) is 0. The van der Waals surface area contributed by atoms with Crippen LogP contribution in [0.25, 0.3) is 10.4 Å². The zero-order valence-corrected chi connectivity index (χ0v) is 18.9. The normalized spacial score (nSPS) is 10.0. The van der Waals surface area contributed by atoms with E-state index in [0.29, 0.717) is 22.7 Å². The van der Waals surface area contributed by atoms with Gasteiger partial charge in [-0.15, -0.1) is 0 Å². The van der Waals surface area contributed by atoms with E-state index in [0.717, 1.165) is 0 Å². The van der Waals surface area contributed by atoms with Crippen LogP contribution in [0.5, 0.6) is 0 Å². The Labute approximate surface area is 206 Å². The Morgan fingerprint density at radius 3 is 1.28 bits per heavy atom. The molecule has 176 valence electrons. The fourth-order valence-corrected chi connectivity index (χ4v) is 3.34. The van der Waals surface area contributed by atoms with Gasteiger partial charge in [-0.2, -0.15) is 0 Å². The minimum Gasteiger partial charge on any atom is -0.322 e. The monoisotopic (exact) mass is 476 g/mol. The number of hydrogen-bond donors (Lipinski definition) is 3. The van der Waals surface area contributed by atoms with E-state index in [1.54, 1.807) is 72.8 Å². The van der Waals surface area contributed by atoms with Crippen LogP contribution in [0, 0.1) is 0 Å². The molecule has 0 aliphatic heterocycles. The molecule has 0 aromatic heterocycles. The van der Waals surface area contributed by atoms with Crippen LogP contribution >= 0.6 is 0 Å². The van der Waals surface area contributed by atoms with E-state index < -0.39 is 17.7 Å². The van der Waals surface area contributed by atoms with E-state index in [1.807, 2.05) is 12.1 Å². The Hall–Kier alpha value is -5.40. The highest BCUT2D eigenvalue weighted by Crippen LogP contribution is 2.20. The molecule has 0 fully saturated rings. The van der Waals surface area contributed by atoms with Gasteiger partial charge in [0.2, 0.25) is 0 Å². The quantitative estimate of drug-likeness (QED) is 0.162. The molecule has 4 aromatic carbocycles. The SMILES string of the molecule is [N-]=[N+]=Nc1ccc(NC(=O)c2cc(C(=O)Nc3ccccc3)cc(C(=O)Nc3ccccc3)c2)cc1. The van der Waals surface area contributed by atoms with Crippen molar-refractivity contribution in [3.8, 4) is 0 Å². The van der Waals surface area contributed by atoms with Crippen molar-refractivity contribution in [2.24, 2.45) is 5.11 Å². The first-order valence-corrected chi connectivity index (χ1v) is 10.9. The van der Waals surface area contributed by atoms with Crippen LogP contribution in [0.4, 0.5) is 22.7 Å². The first-order chi connectivity index (χ1) is 17.5. The van der Waals surface area contributed by atoms with Crippen molar-refractivity contribution in [1.29, 1.82) is 0 Å². The molecule has 0 saturated carbocycles. The maximum atomic E-state index is 13.0. The van der Waals surface area contributed by atoms with Gasteiger partial charge in [-0.25, -0.2) is 0 Å². The molecule has 3 N–H and O–H groups in total. The average Bonchev–Trinajstić information content (AvgIpc) is 2.91. The van der Waals surface area contributed by atoms with Crippen molar-refractivity contribution in [3.63, 3.8) is 0 Å². The summed E-state index contributed by atoms with van der Waals surface area (Å²) in [5.74, 6) is -1.46. The van der Waals surface area contributed by atoms with Crippen molar-refractivity contribution in [2.45, 2.75) is 0 Å². The summed E-state index contributed by atoms with van der Waals surface area (Å²) >= 11 is 0. The molecular weight excluding hydrogens is 456 g/mol. The number of para-hydroxylation sites is 2. The van der Waals surface area contributed by atoms with Gasteiger partial charge in [0, 0.05) is 44.4 Å². The van der Waals surface area contributed by atoms with E-state index in [1.165, 1.54) is 18.2 Å². The molecule has 0 unspecified atom stereocenters. The second-order valence-corrected chi connectivity index (χ2v) is 7.63. The van der Waals surface area contributed by atoms with Crippen LogP contribution in [-0.2, 0) is 0 Å². The third kappa shape index (κ3) is 6.13. The first-order valence-electron chi connectivity index (χ1n) is 10.9. The third-order valence-corrected chi connectivity index (χ3v) is 5.07. The van der Waals surface area contributed by atoms with Gasteiger partial charge < -0.3 is 16.0 Å². The summed E-state index contributed by atoms with van der Waals surface area (Å²) in [6.07, 6.45) is 0. The lowest BCUT2D eigenvalue weighted by molar-refractivity contribution is 0.102. The molecule has 0 bridgehead atoms. The fourth-order valence-electron chi connectivity index (χ4n) is 3.34. The Morgan fingerprint density at radius 2 is 0.917 bits per heavy atom. The van der Waals surface area contributed by atoms with E-state index in [2.05, 4.69) is 26.0 Å². The first kappa shape index (κ1) is 23.7. The Balaban J connectivity index is 1.63. The number of amides is 3. The Kier molecular flexibility index (Phi) is 7.35. The van der Waals surface area contributed by atoms with Crippen LogP contribution < -0.4 is 16.0 Å². The molecule has 0 saturated heterocycles. The standard InChI is InChI=1S/C27H20N6O3/c28-33-32-24-13-11-23(12-14-24)31-27(36)20-16-18(25(34)29-21-7-3-1-4-8-21)15-19(17-20)26(35)30-22-9-5-2-6-10-22/h1-17H,(H,29,34)(H,30,35)(H,31,36). The lowest BCUT2D eigenvalue weighted by Gasteiger charge is -2.12. The van der Waals surface area contributed by atoms with Crippen LogP contribution in [0.1, 0.15) is 31.1 Å². The van der Waals surface area contributed by atoms with Crippen molar-refractivity contribution in [1.82, 2.24) is 0 Å². The molecule has 0 aliphatic carbocycles. The van der Waals surface area contributed by atoms with E-state index in [4.69, 9.17) is 5.53 Å². The number of carbonyl (C=O) groups is 3. The van der Waals surface area contributed by atoms with Gasteiger partial charge in [0.15, 0.2) is 0 Å². The van der Waals surface area contributed by atoms with Crippen molar-refractivity contribution >= 4 is 40.5 Å². The molecule has 0 atom stereocenters. The van der Waals surface area contributed by atoms with Gasteiger partial charge in [0.05, 0.1) is 0 Å². The zero-order valence-electron chi connectivity index (χ0n) is 18.9. The number of benzene rings is 4. The summed E-state index contributed by atoms with van der Waals surface area (Å²) in [6, 6.07) is 28.3. The van der Waals surface area contributed by atoms with E-state index in [-0.39, 0.29) is 16.7 Å². The minimum absolute atomic E-state index is 0.119. The minimum atomic E-state index is -0.519. The molecular formula is C27H20N6O3. The molecule has 0 spiro atoms. The summed E-state index contributed by atoms with van der Waals surface area (Å²) in [5, 5.41) is 11.7. The van der Waals surface area contributed by atoms with Crippen LogP contribution in [0.3, 0.4) is 0 Å². The van der Waals surface area contributed by atoms with Crippen molar-refractivity contribution in [3.05, 3.63) is 130 Å². The number of anilines is 3.